The van der Waals surface area contributed by atoms with E-state index >= 15 is 0 Å². The minimum atomic E-state index is -3.69. The summed E-state index contributed by atoms with van der Waals surface area (Å²) >= 11 is 0. The smallest absolute Gasteiger partial charge is 0.209 e. The minimum Gasteiger partial charge on any atom is -0.549 e. The Hall–Kier alpha value is -1.38. The Balaban J connectivity index is 0.00000968. The second-order valence-electron chi connectivity index (χ2n) is 10.6. The molecule has 1 aliphatic heterocycles. The van der Waals surface area contributed by atoms with Crippen molar-refractivity contribution in [2.75, 3.05) is 91.4 Å². The van der Waals surface area contributed by atoms with Gasteiger partial charge in [0, 0.05) is 125 Å². The number of sulfonamides is 1. The van der Waals surface area contributed by atoms with Crippen molar-refractivity contribution in [3.63, 3.8) is 0 Å². The number of benzene rings is 1. The van der Waals surface area contributed by atoms with Gasteiger partial charge in [0.15, 0.2) is 0 Å². The zero-order valence-electron chi connectivity index (χ0n) is 24.8. The minimum absolute atomic E-state index is 0. The molecule has 2 rings (SSSR count). The van der Waals surface area contributed by atoms with E-state index in [4.69, 9.17) is 4.74 Å². The molecule has 2 atom stereocenters. The number of carboxylic acids is 3. The number of β-amino-alcohol motifs (C(OH)–C–C–N with tert-alkyl or cyclic N) is 1. The van der Waals surface area contributed by atoms with E-state index in [1.165, 1.54) is 0 Å². The molecule has 1 heterocycles. The molecule has 252 valence electrons. The van der Waals surface area contributed by atoms with E-state index in [2.05, 4.69) is 4.72 Å². The summed E-state index contributed by atoms with van der Waals surface area (Å²) in [5, 5.41) is 45.1. The van der Waals surface area contributed by atoms with Gasteiger partial charge in [-0.25, -0.2) is 13.1 Å². The van der Waals surface area contributed by atoms with Crippen molar-refractivity contribution in [1.82, 2.24) is 24.3 Å². The van der Waals surface area contributed by atoms with Crippen molar-refractivity contribution in [1.29, 1.82) is 0 Å². The molecule has 2 N–H and O–H groups in total. The number of carboxylic acid groups (broad SMARTS) is 3. The molecule has 0 spiro atoms. The van der Waals surface area contributed by atoms with Gasteiger partial charge < -0.3 is 39.5 Å². The van der Waals surface area contributed by atoms with Gasteiger partial charge in [-0.1, -0.05) is 30.3 Å². The number of nitrogens with one attached hydrogen (secondary N) is 1. The van der Waals surface area contributed by atoms with Crippen molar-refractivity contribution in [3.05, 3.63) is 35.9 Å². The molecular formula is C27H42GdN5O10S-3. The zero-order valence-corrected chi connectivity index (χ0v) is 27.9. The first-order valence-electron chi connectivity index (χ1n) is 14.1. The monoisotopic (exact) mass is 786 g/mol. The summed E-state index contributed by atoms with van der Waals surface area (Å²) in [6, 6.07) is 8.53. The normalized spacial score (nSPS) is 18.3. The fourth-order valence-electron chi connectivity index (χ4n) is 4.75. The summed E-state index contributed by atoms with van der Waals surface area (Å²) in [5.41, 5.74) is 0.944. The Morgan fingerprint density at radius 3 is 1.61 bits per heavy atom. The van der Waals surface area contributed by atoms with Crippen LogP contribution in [0.4, 0.5) is 0 Å². The average Bonchev–Trinajstić information content (AvgIpc) is 2.90. The van der Waals surface area contributed by atoms with Gasteiger partial charge in [-0.3, -0.25) is 19.6 Å². The van der Waals surface area contributed by atoms with Gasteiger partial charge in [0.1, 0.15) is 0 Å². The van der Waals surface area contributed by atoms with Crippen molar-refractivity contribution >= 4 is 27.9 Å². The maximum atomic E-state index is 12.1. The summed E-state index contributed by atoms with van der Waals surface area (Å²) in [6.45, 7) is 0.963. The molecule has 17 heteroatoms. The first-order chi connectivity index (χ1) is 20.3. The second-order valence-corrected chi connectivity index (χ2v) is 12.4. The molecule has 1 fully saturated rings. The van der Waals surface area contributed by atoms with Crippen LogP contribution in [0, 0.1) is 39.9 Å². The molecule has 1 aromatic carbocycles. The molecular weight excluding hydrogens is 744 g/mol. The van der Waals surface area contributed by atoms with E-state index in [1.54, 1.807) is 19.6 Å². The number of ether oxygens (including phenoxy) is 1. The Bertz CT molecular complexity index is 1090. The maximum absolute atomic E-state index is 12.1. The van der Waals surface area contributed by atoms with Gasteiger partial charge >= 0.3 is 0 Å². The molecule has 0 amide bonds. The van der Waals surface area contributed by atoms with Gasteiger partial charge in [-0.15, -0.1) is 0 Å². The van der Waals surface area contributed by atoms with Crippen LogP contribution in [-0.2, 0) is 35.8 Å². The molecule has 0 bridgehead atoms. The fraction of sp³-hybridized carbons (Fsp3) is 0.667. The molecule has 0 radical (unpaired) electrons. The van der Waals surface area contributed by atoms with Crippen LogP contribution >= 0.6 is 0 Å². The Kier molecular flexibility index (Phi) is 19.8. The molecule has 1 saturated heterocycles. The molecule has 44 heavy (non-hydrogen) atoms. The van der Waals surface area contributed by atoms with Gasteiger partial charge in [0.2, 0.25) is 10.0 Å². The molecule has 0 aromatic heterocycles. The number of nitrogens with zero attached hydrogens (tertiary/aromatic N) is 4. The zero-order chi connectivity index (χ0) is 31.8. The maximum Gasteiger partial charge on any atom is 0.209 e. The summed E-state index contributed by atoms with van der Waals surface area (Å²) in [7, 11) is -3.69. The number of carbonyl (C=O) groups is 3. The van der Waals surface area contributed by atoms with E-state index in [9.17, 15) is 43.2 Å². The number of hydrogen-bond donors (Lipinski definition) is 2. The molecule has 1 aromatic rings. The van der Waals surface area contributed by atoms with E-state index in [0.717, 1.165) is 11.8 Å². The van der Waals surface area contributed by atoms with Gasteiger partial charge in [0.05, 0.1) is 42.9 Å². The fourth-order valence-corrected chi connectivity index (χ4v) is 5.58. The van der Waals surface area contributed by atoms with Crippen LogP contribution < -0.4 is 20.0 Å². The van der Waals surface area contributed by atoms with E-state index in [0.29, 0.717) is 6.61 Å². The van der Waals surface area contributed by atoms with Crippen molar-refractivity contribution < 1.29 is 87.9 Å². The Morgan fingerprint density at radius 1 is 0.818 bits per heavy atom. The topological polar surface area (TPSA) is 209 Å². The van der Waals surface area contributed by atoms with Gasteiger partial charge in [-0.05, 0) is 12.0 Å². The van der Waals surface area contributed by atoms with Crippen LogP contribution in [-0.4, -0.2) is 155 Å². The number of rotatable bonds is 16. The molecule has 2 unspecified atom stereocenters. The molecule has 0 aliphatic carbocycles. The van der Waals surface area contributed by atoms with E-state index in [-0.39, 0.29) is 112 Å². The van der Waals surface area contributed by atoms with Crippen LogP contribution in [0.5, 0.6) is 0 Å². The predicted octanol–water partition coefficient (Wildman–Crippen LogP) is -5.66. The van der Waals surface area contributed by atoms with Gasteiger partial charge in [-0.2, -0.15) is 0 Å². The van der Waals surface area contributed by atoms with Crippen LogP contribution in [0.3, 0.4) is 0 Å². The van der Waals surface area contributed by atoms with Crippen LogP contribution in [0.2, 0.25) is 0 Å². The number of carbonyl (C=O) groups excluding carboxylic acids is 3. The predicted molar refractivity (Wildman–Crippen MR) is 149 cm³/mol. The third-order valence-electron chi connectivity index (χ3n) is 6.95. The number of aliphatic carboxylic acids is 3. The average molecular weight is 786 g/mol. The summed E-state index contributed by atoms with van der Waals surface area (Å²) < 4.78 is 32.3. The Labute approximate surface area is 290 Å². The van der Waals surface area contributed by atoms with Gasteiger partial charge in [0.25, 0.3) is 0 Å². The first kappa shape index (κ1) is 40.6. The van der Waals surface area contributed by atoms with Crippen LogP contribution in [0.1, 0.15) is 12.0 Å². The molecule has 1 aliphatic rings. The van der Waals surface area contributed by atoms with E-state index < -0.39 is 59.7 Å². The SMILES string of the molecule is CS(=O)(=O)NC(CCOCc1ccccc1)C(O)CN1CCN(CC(=O)[O-])CCN(CC(=O)[O-])CCN(CC(=O)[O-])CC1.[Gd]. The summed E-state index contributed by atoms with van der Waals surface area (Å²) in [4.78, 5) is 40.5. The quantitative estimate of drug-likeness (QED) is 0.150. The standard InChI is InChI=1S/C27H45N5O10S.Gd/c1-43(40,41)28-23(7-16-42-21-22-5-3-2-4-6-22)24(33)17-29-8-10-30(18-25(34)35)12-14-32(20-27(38)39)15-13-31(11-9-29)19-26(36)37;/h2-6,23-24,28,33H,7-21H2,1H3,(H,34,35)(H,36,37)(H,38,39);/p-3. The third-order valence-corrected chi connectivity index (χ3v) is 7.68. The van der Waals surface area contributed by atoms with Crippen LogP contribution in [0.25, 0.3) is 0 Å². The molecule has 0 saturated carbocycles. The largest absolute Gasteiger partial charge is 0.549 e. The van der Waals surface area contributed by atoms with Crippen molar-refractivity contribution in [2.24, 2.45) is 0 Å². The third kappa shape index (κ3) is 18.6. The summed E-state index contributed by atoms with van der Waals surface area (Å²) in [5.74, 6) is -3.93. The second kappa shape index (κ2) is 21.4. The number of hydrogen-bond acceptors (Lipinski definition) is 14. The van der Waals surface area contributed by atoms with E-state index in [1.807, 2.05) is 30.3 Å². The molecule has 15 nitrogen and oxygen atoms in total. The summed E-state index contributed by atoms with van der Waals surface area (Å²) in [6.07, 6.45) is -0.00472. The Morgan fingerprint density at radius 2 is 1.23 bits per heavy atom. The number of aliphatic hydroxyl groups excluding tert-OH is 1. The van der Waals surface area contributed by atoms with Crippen molar-refractivity contribution in [3.8, 4) is 0 Å². The van der Waals surface area contributed by atoms with Crippen molar-refractivity contribution in [2.45, 2.75) is 25.2 Å². The first-order valence-corrected chi connectivity index (χ1v) is 16.0. The van der Waals surface area contributed by atoms with Crippen LogP contribution in [0.15, 0.2) is 30.3 Å². The number of aliphatic hydroxyl groups is 1.